The number of nitrogens with one attached hydrogen (secondary N) is 1. The molecule has 1 aliphatic rings. The Morgan fingerprint density at radius 2 is 2.09 bits per heavy atom. The van der Waals surface area contributed by atoms with E-state index in [0.29, 0.717) is 26.1 Å². The molecule has 0 saturated carbocycles. The first kappa shape index (κ1) is 18.5. The number of carboxylic acid groups (broad SMARTS) is 1. The molecule has 1 aliphatic heterocycles. The van der Waals surface area contributed by atoms with Gasteiger partial charge in [0, 0.05) is 32.8 Å². The van der Waals surface area contributed by atoms with Crippen LogP contribution in [0, 0.1) is 5.92 Å². The van der Waals surface area contributed by atoms with E-state index in [1.165, 1.54) is 0 Å². The van der Waals surface area contributed by atoms with Crippen molar-refractivity contribution < 1.29 is 24.2 Å². The van der Waals surface area contributed by atoms with Crippen molar-refractivity contribution in [1.82, 2.24) is 10.2 Å². The number of piperidine rings is 1. The Bertz CT molecular complexity index is 381. The van der Waals surface area contributed by atoms with Crippen LogP contribution in [0.3, 0.4) is 0 Å². The Morgan fingerprint density at radius 1 is 1.41 bits per heavy atom. The molecule has 0 spiro atoms. The summed E-state index contributed by atoms with van der Waals surface area (Å²) in [5.74, 6) is 0.0764. The summed E-state index contributed by atoms with van der Waals surface area (Å²) in [6.07, 6.45) is 0.937. The number of carbonyl (C=O) groups excluding carboxylic acids is 1. The van der Waals surface area contributed by atoms with Crippen LogP contribution in [0.15, 0.2) is 0 Å². The lowest BCUT2D eigenvalue weighted by Crippen LogP contribution is -2.50. The van der Waals surface area contributed by atoms with Gasteiger partial charge in [-0.3, -0.25) is 0 Å². The third-order valence-corrected chi connectivity index (χ3v) is 3.62. The van der Waals surface area contributed by atoms with Gasteiger partial charge in [0.15, 0.2) is 0 Å². The summed E-state index contributed by atoms with van der Waals surface area (Å²) >= 11 is 0. The van der Waals surface area contributed by atoms with Crippen molar-refractivity contribution in [2.45, 2.75) is 51.7 Å². The molecule has 128 valence electrons. The molecule has 1 rings (SSSR count). The van der Waals surface area contributed by atoms with Gasteiger partial charge in [-0.15, -0.1) is 0 Å². The molecule has 1 fully saturated rings. The standard InChI is InChI=1S/C15H28N2O5/c1-15(2,3)22-14(20)17-8-5-6-11(10-17)12(7-9-21-4)16-13(18)19/h11-12,16H,5-10H2,1-4H3,(H,18,19). The van der Waals surface area contributed by atoms with Crippen molar-refractivity contribution >= 4 is 12.2 Å². The van der Waals surface area contributed by atoms with E-state index >= 15 is 0 Å². The van der Waals surface area contributed by atoms with Crippen LogP contribution in [0.2, 0.25) is 0 Å². The number of likely N-dealkylation sites (tertiary alicyclic amines) is 1. The molecule has 1 heterocycles. The maximum atomic E-state index is 12.2. The van der Waals surface area contributed by atoms with Crippen LogP contribution in [0.4, 0.5) is 9.59 Å². The van der Waals surface area contributed by atoms with E-state index in [2.05, 4.69) is 5.32 Å². The van der Waals surface area contributed by atoms with Gasteiger partial charge in [-0.2, -0.15) is 0 Å². The predicted octanol–water partition coefficient (Wildman–Crippen LogP) is 2.31. The highest BCUT2D eigenvalue weighted by Crippen LogP contribution is 2.23. The Kier molecular flexibility index (Phi) is 6.93. The first-order valence-corrected chi connectivity index (χ1v) is 7.69. The number of rotatable bonds is 5. The number of hydrogen-bond acceptors (Lipinski definition) is 4. The molecule has 0 aromatic carbocycles. The quantitative estimate of drug-likeness (QED) is 0.812. The molecule has 0 aromatic rings. The van der Waals surface area contributed by atoms with Gasteiger partial charge >= 0.3 is 12.2 Å². The van der Waals surface area contributed by atoms with Gasteiger partial charge in [0.05, 0.1) is 0 Å². The largest absolute Gasteiger partial charge is 0.465 e. The molecule has 0 aromatic heterocycles. The molecule has 22 heavy (non-hydrogen) atoms. The number of amides is 2. The fourth-order valence-electron chi connectivity index (χ4n) is 2.66. The van der Waals surface area contributed by atoms with Gasteiger partial charge < -0.3 is 24.8 Å². The predicted molar refractivity (Wildman–Crippen MR) is 82.0 cm³/mol. The van der Waals surface area contributed by atoms with Gasteiger partial charge in [-0.05, 0) is 46.0 Å². The lowest BCUT2D eigenvalue weighted by atomic mass is 9.89. The second kappa shape index (κ2) is 8.22. The molecule has 0 bridgehead atoms. The summed E-state index contributed by atoms with van der Waals surface area (Å²) in [6.45, 7) is 7.13. The molecule has 2 unspecified atom stereocenters. The van der Waals surface area contributed by atoms with E-state index in [1.54, 1.807) is 12.0 Å². The highest BCUT2D eigenvalue weighted by Gasteiger charge is 2.32. The summed E-state index contributed by atoms with van der Waals surface area (Å²) in [6, 6.07) is -0.220. The fraction of sp³-hybridized carbons (Fsp3) is 0.867. The lowest BCUT2D eigenvalue weighted by Gasteiger charge is -2.37. The van der Waals surface area contributed by atoms with E-state index in [4.69, 9.17) is 14.6 Å². The van der Waals surface area contributed by atoms with Crippen molar-refractivity contribution in [3.63, 3.8) is 0 Å². The van der Waals surface area contributed by atoms with E-state index in [9.17, 15) is 9.59 Å². The molecule has 7 heteroatoms. The first-order chi connectivity index (χ1) is 10.2. The van der Waals surface area contributed by atoms with Gasteiger partial charge in [0.1, 0.15) is 5.60 Å². The zero-order valence-corrected chi connectivity index (χ0v) is 13.9. The normalized spacial score (nSPS) is 20.4. The van der Waals surface area contributed by atoms with E-state index in [-0.39, 0.29) is 18.1 Å². The van der Waals surface area contributed by atoms with Crippen LogP contribution in [-0.2, 0) is 9.47 Å². The van der Waals surface area contributed by atoms with Crippen molar-refractivity contribution in [2.75, 3.05) is 26.8 Å². The highest BCUT2D eigenvalue weighted by atomic mass is 16.6. The van der Waals surface area contributed by atoms with Gasteiger partial charge in [0.25, 0.3) is 0 Å². The molecular weight excluding hydrogens is 288 g/mol. The summed E-state index contributed by atoms with van der Waals surface area (Å²) in [5.41, 5.74) is -0.529. The molecule has 2 atom stereocenters. The Hall–Kier alpha value is -1.50. The van der Waals surface area contributed by atoms with E-state index in [0.717, 1.165) is 12.8 Å². The average Bonchev–Trinajstić information content (AvgIpc) is 2.41. The minimum absolute atomic E-state index is 0.0764. The third-order valence-electron chi connectivity index (χ3n) is 3.62. The summed E-state index contributed by atoms with van der Waals surface area (Å²) < 4.78 is 10.4. The number of ether oxygens (including phenoxy) is 2. The second-order valence-electron chi connectivity index (χ2n) is 6.67. The fourth-order valence-corrected chi connectivity index (χ4v) is 2.66. The van der Waals surface area contributed by atoms with Crippen LogP contribution in [0.25, 0.3) is 0 Å². The smallest absolute Gasteiger partial charge is 0.410 e. The Balaban J connectivity index is 2.65. The Morgan fingerprint density at radius 3 is 2.64 bits per heavy atom. The minimum atomic E-state index is -1.05. The van der Waals surface area contributed by atoms with Crippen molar-refractivity contribution in [1.29, 1.82) is 0 Å². The SMILES string of the molecule is COCCC(NC(=O)O)C1CCCN(C(=O)OC(C)(C)C)C1. The van der Waals surface area contributed by atoms with E-state index < -0.39 is 11.7 Å². The molecule has 0 radical (unpaired) electrons. The number of methoxy groups -OCH3 is 1. The van der Waals surface area contributed by atoms with Crippen molar-refractivity contribution in [2.24, 2.45) is 5.92 Å². The zero-order valence-electron chi connectivity index (χ0n) is 13.9. The minimum Gasteiger partial charge on any atom is -0.465 e. The third kappa shape index (κ3) is 6.51. The topological polar surface area (TPSA) is 88.1 Å². The number of hydrogen-bond donors (Lipinski definition) is 2. The van der Waals surface area contributed by atoms with Crippen molar-refractivity contribution in [3.8, 4) is 0 Å². The zero-order chi connectivity index (χ0) is 16.8. The molecule has 2 N–H and O–H groups in total. The van der Waals surface area contributed by atoms with Crippen LogP contribution >= 0.6 is 0 Å². The van der Waals surface area contributed by atoms with E-state index in [1.807, 2.05) is 20.8 Å². The van der Waals surface area contributed by atoms with Crippen LogP contribution < -0.4 is 5.32 Å². The monoisotopic (exact) mass is 316 g/mol. The van der Waals surface area contributed by atoms with Gasteiger partial charge in [-0.1, -0.05) is 0 Å². The van der Waals surface area contributed by atoms with Crippen LogP contribution in [-0.4, -0.2) is 60.6 Å². The maximum absolute atomic E-state index is 12.2. The number of nitrogens with zero attached hydrogens (tertiary/aromatic N) is 1. The molecule has 2 amide bonds. The summed E-state index contributed by atoms with van der Waals surface area (Å²) in [7, 11) is 1.59. The average molecular weight is 316 g/mol. The maximum Gasteiger partial charge on any atom is 0.410 e. The van der Waals surface area contributed by atoms with Crippen molar-refractivity contribution in [3.05, 3.63) is 0 Å². The molecule has 7 nitrogen and oxygen atoms in total. The van der Waals surface area contributed by atoms with Gasteiger partial charge in [0.2, 0.25) is 0 Å². The lowest BCUT2D eigenvalue weighted by molar-refractivity contribution is 0.0138. The van der Waals surface area contributed by atoms with Crippen LogP contribution in [0.1, 0.15) is 40.0 Å². The molecular formula is C15H28N2O5. The highest BCUT2D eigenvalue weighted by molar-refractivity contribution is 5.68. The Labute approximate surface area is 131 Å². The second-order valence-corrected chi connectivity index (χ2v) is 6.67. The van der Waals surface area contributed by atoms with Crippen LogP contribution in [0.5, 0.6) is 0 Å². The number of carbonyl (C=O) groups is 2. The summed E-state index contributed by atoms with van der Waals surface area (Å²) in [5, 5.41) is 11.5. The summed E-state index contributed by atoms with van der Waals surface area (Å²) in [4.78, 5) is 24.8. The van der Waals surface area contributed by atoms with Gasteiger partial charge in [-0.25, -0.2) is 9.59 Å². The first-order valence-electron chi connectivity index (χ1n) is 7.69. The molecule has 0 aliphatic carbocycles. The molecule has 1 saturated heterocycles.